The van der Waals surface area contributed by atoms with Crippen molar-refractivity contribution in [3.63, 3.8) is 0 Å². The molecule has 0 aromatic rings. The summed E-state index contributed by atoms with van der Waals surface area (Å²) in [5.41, 5.74) is 0. The molecule has 5 nitrogen and oxygen atoms in total. The van der Waals surface area contributed by atoms with E-state index in [0.29, 0.717) is 0 Å². The molecule has 11 heavy (non-hydrogen) atoms. The second-order valence-electron chi connectivity index (χ2n) is 1.51. The number of alkyl halides is 1. The zero-order valence-electron chi connectivity index (χ0n) is 5.41. The van der Waals surface area contributed by atoms with Gasteiger partial charge in [0.05, 0.1) is 0 Å². The quantitative estimate of drug-likeness (QED) is 0.623. The van der Waals surface area contributed by atoms with Crippen LogP contribution in [0.3, 0.4) is 0 Å². The molecular weight excluding hydrogens is 215 g/mol. The first-order chi connectivity index (χ1) is 4.45. The minimum atomic E-state index is -3.90. The van der Waals surface area contributed by atoms with Crippen LogP contribution >= 0.6 is 24.0 Å². The average molecular weight is 223 g/mol. The van der Waals surface area contributed by atoms with Gasteiger partial charge in [0.1, 0.15) is 0 Å². The van der Waals surface area contributed by atoms with E-state index in [-0.39, 0.29) is 24.7 Å². The average Bonchev–Trinajstić information content (AvgIpc) is 1.59. The SMILES string of the molecule is Cl.NS(=O)(=O)NC(=O)CCCl. The number of hydrogen-bond acceptors (Lipinski definition) is 3. The van der Waals surface area contributed by atoms with Crippen LogP contribution in [0.25, 0.3) is 0 Å². The Bertz CT molecular complexity index is 215. The molecule has 0 radical (unpaired) electrons. The summed E-state index contributed by atoms with van der Waals surface area (Å²) in [6, 6.07) is 0. The Morgan fingerprint density at radius 2 is 2.00 bits per heavy atom. The third kappa shape index (κ3) is 9.96. The van der Waals surface area contributed by atoms with Gasteiger partial charge in [-0.05, 0) is 0 Å². The number of amides is 1. The van der Waals surface area contributed by atoms with E-state index in [4.69, 9.17) is 11.6 Å². The van der Waals surface area contributed by atoms with Crippen molar-refractivity contribution in [3.05, 3.63) is 0 Å². The third-order valence-corrected chi connectivity index (χ3v) is 1.28. The molecule has 1 amide bonds. The molecule has 0 aliphatic carbocycles. The molecule has 0 saturated carbocycles. The number of nitrogens with one attached hydrogen (secondary N) is 1. The van der Waals surface area contributed by atoms with Crippen LogP contribution in [0.5, 0.6) is 0 Å². The van der Waals surface area contributed by atoms with E-state index in [2.05, 4.69) is 5.14 Å². The van der Waals surface area contributed by atoms with Crippen LogP contribution in [-0.4, -0.2) is 20.2 Å². The Labute approximate surface area is 75.9 Å². The van der Waals surface area contributed by atoms with Crippen molar-refractivity contribution in [2.24, 2.45) is 5.14 Å². The van der Waals surface area contributed by atoms with Crippen LogP contribution in [0.15, 0.2) is 0 Å². The lowest BCUT2D eigenvalue weighted by atomic mass is 10.5. The highest BCUT2D eigenvalue weighted by molar-refractivity contribution is 7.87. The number of carbonyl (C=O) groups is 1. The van der Waals surface area contributed by atoms with Crippen LogP contribution in [0.4, 0.5) is 0 Å². The number of halogens is 2. The van der Waals surface area contributed by atoms with Crippen molar-refractivity contribution >= 4 is 40.1 Å². The monoisotopic (exact) mass is 222 g/mol. The fourth-order valence-corrected chi connectivity index (χ4v) is 0.887. The van der Waals surface area contributed by atoms with E-state index in [1.807, 2.05) is 0 Å². The van der Waals surface area contributed by atoms with Crippen LogP contribution in [0.2, 0.25) is 0 Å². The molecule has 8 heteroatoms. The van der Waals surface area contributed by atoms with Gasteiger partial charge in [0, 0.05) is 12.3 Å². The molecule has 0 atom stereocenters. The van der Waals surface area contributed by atoms with Crippen molar-refractivity contribution in [1.29, 1.82) is 0 Å². The summed E-state index contributed by atoms with van der Waals surface area (Å²) in [4.78, 5) is 10.4. The van der Waals surface area contributed by atoms with Crippen molar-refractivity contribution in [1.82, 2.24) is 4.72 Å². The van der Waals surface area contributed by atoms with Crippen molar-refractivity contribution in [2.75, 3.05) is 5.88 Å². The first-order valence-electron chi connectivity index (χ1n) is 2.35. The molecular formula is C3H8Cl2N2O3S. The van der Waals surface area contributed by atoms with Gasteiger partial charge in [-0.1, -0.05) is 0 Å². The van der Waals surface area contributed by atoms with Gasteiger partial charge in [-0.3, -0.25) is 4.79 Å². The summed E-state index contributed by atoms with van der Waals surface area (Å²) in [6.45, 7) is 0. The van der Waals surface area contributed by atoms with Gasteiger partial charge in [-0.15, -0.1) is 24.0 Å². The fraction of sp³-hybridized carbons (Fsp3) is 0.667. The Balaban J connectivity index is 0. The largest absolute Gasteiger partial charge is 0.298 e. The molecule has 0 aromatic carbocycles. The Morgan fingerprint density at radius 3 is 2.27 bits per heavy atom. The Kier molecular flexibility index (Phi) is 6.88. The molecule has 0 bridgehead atoms. The zero-order valence-corrected chi connectivity index (χ0v) is 7.80. The standard InChI is InChI=1S/C3H7ClN2O3S.ClH/c4-2-1-3(7)6-10(5,8)9;/h1-2H2,(H,6,7)(H2,5,8,9);1H. The molecule has 0 unspecified atom stereocenters. The third-order valence-electron chi connectivity index (χ3n) is 0.578. The highest BCUT2D eigenvalue weighted by Gasteiger charge is 2.06. The van der Waals surface area contributed by atoms with Crippen LogP contribution in [0.1, 0.15) is 6.42 Å². The maximum Gasteiger partial charge on any atom is 0.298 e. The maximum atomic E-state index is 10.4. The molecule has 0 rings (SSSR count). The van der Waals surface area contributed by atoms with E-state index >= 15 is 0 Å². The van der Waals surface area contributed by atoms with Crippen molar-refractivity contribution < 1.29 is 13.2 Å². The molecule has 0 aliphatic rings. The molecule has 0 aromatic heterocycles. The molecule has 0 fully saturated rings. The fourth-order valence-electron chi connectivity index (χ4n) is 0.296. The molecule has 0 spiro atoms. The first kappa shape index (κ1) is 13.5. The van der Waals surface area contributed by atoms with E-state index < -0.39 is 16.1 Å². The summed E-state index contributed by atoms with van der Waals surface area (Å²) in [6.07, 6.45) is -0.0576. The summed E-state index contributed by atoms with van der Waals surface area (Å²) < 4.78 is 21.8. The molecule has 0 heterocycles. The first-order valence-corrected chi connectivity index (χ1v) is 4.43. The zero-order chi connectivity index (χ0) is 8.20. The minimum Gasteiger partial charge on any atom is -0.274 e. The molecule has 68 valence electrons. The number of carbonyl (C=O) groups excluding carboxylic acids is 1. The minimum absolute atomic E-state index is 0. The normalized spacial score (nSPS) is 10.0. The van der Waals surface area contributed by atoms with Gasteiger partial charge in [0.15, 0.2) is 0 Å². The van der Waals surface area contributed by atoms with Crippen LogP contribution in [-0.2, 0) is 15.0 Å². The van der Waals surface area contributed by atoms with Crippen molar-refractivity contribution in [3.8, 4) is 0 Å². The van der Waals surface area contributed by atoms with Gasteiger partial charge in [-0.25, -0.2) is 9.86 Å². The second kappa shape index (κ2) is 5.59. The second-order valence-corrected chi connectivity index (χ2v) is 3.18. The van der Waals surface area contributed by atoms with Crippen LogP contribution in [0, 0.1) is 0 Å². The predicted molar refractivity (Wildman–Crippen MR) is 43.8 cm³/mol. The number of hydrogen-bond donors (Lipinski definition) is 2. The predicted octanol–water partition coefficient (Wildman–Crippen LogP) is -0.643. The Morgan fingerprint density at radius 1 is 1.55 bits per heavy atom. The smallest absolute Gasteiger partial charge is 0.274 e. The lowest BCUT2D eigenvalue weighted by molar-refractivity contribution is -0.118. The summed E-state index contributed by atoms with van der Waals surface area (Å²) >= 11 is 5.13. The number of rotatable bonds is 3. The molecule has 0 aliphatic heterocycles. The van der Waals surface area contributed by atoms with Gasteiger partial charge in [0.2, 0.25) is 5.91 Å². The van der Waals surface area contributed by atoms with Crippen LogP contribution < -0.4 is 9.86 Å². The van der Waals surface area contributed by atoms with E-state index in [9.17, 15) is 13.2 Å². The molecule has 0 saturated heterocycles. The van der Waals surface area contributed by atoms with Gasteiger partial charge in [-0.2, -0.15) is 8.42 Å². The number of nitrogens with two attached hydrogens (primary N) is 1. The van der Waals surface area contributed by atoms with E-state index in [1.54, 1.807) is 4.72 Å². The highest BCUT2D eigenvalue weighted by Crippen LogP contribution is 1.84. The summed E-state index contributed by atoms with van der Waals surface area (Å²) in [7, 11) is -3.90. The summed E-state index contributed by atoms with van der Waals surface area (Å²) in [5, 5.41) is 4.46. The van der Waals surface area contributed by atoms with E-state index in [0.717, 1.165) is 0 Å². The van der Waals surface area contributed by atoms with Gasteiger partial charge >= 0.3 is 0 Å². The summed E-state index contributed by atoms with van der Waals surface area (Å²) in [5.74, 6) is -0.626. The molecule has 3 N–H and O–H groups in total. The topological polar surface area (TPSA) is 89.3 Å². The van der Waals surface area contributed by atoms with E-state index in [1.165, 1.54) is 0 Å². The highest BCUT2D eigenvalue weighted by atomic mass is 35.5. The van der Waals surface area contributed by atoms with Crippen molar-refractivity contribution in [2.45, 2.75) is 6.42 Å². The lowest BCUT2D eigenvalue weighted by Gasteiger charge is -1.97. The lowest BCUT2D eigenvalue weighted by Crippen LogP contribution is -2.35. The van der Waals surface area contributed by atoms with Gasteiger partial charge in [0.25, 0.3) is 10.2 Å². The maximum absolute atomic E-state index is 10.4. The Hall–Kier alpha value is -0.0400. The van der Waals surface area contributed by atoms with Gasteiger partial charge < -0.3 is 0 Å².